The number of nitrogens with two attached hydrogens (primary N) is 1. The third-order valence-electron chi connectivity index (χ3n) is 1.46. The van der Waals surface area contributed by atoms with Crippen LogP contribution in [0.3, 0.4) is 0 Å². The largest absolute Gasteiger partial charge is 0.325 e. The molecule has 0 saturated carbocycles. The van der Waals surface area contributed by atoms with Crippen LogP contribution >= 0.6 is 34.2 Å². The van der Waals surface area contributed by atoms with Gasteiger partial charge >= 0.3 is 0 Å². The first-order valence-electron chi connectivity index (χ1n) is 3.39. The third-order valence-corrected chi connectivity index (χ3v) is 2.65. The Morgan fingerprint density at radius 2 is 2.23 bits per heavy atom. The summed E-state index contributed by atoms with van der Waals surface area (Å²) in [5.41, 5.74) is 5.60. The van der Waals surface area contributed by atoms with E-state index in [-0.39, 0.29) is 20.8 Å². The Balaban J connectivity index is 3.20. The molecule has 0 aliphatic rings. The van der Waals surface area contributed by atoms with E-state index in [1.54, 1.807) is 22.6 Å². The second-order valence-electron chi connectivity index (χ2n) is 2.30. The maximum absolute atomic E-state index is 12.3. The lowest BCUT2D eigenvalue weighted by Gasteiger charge is -2.06. The van der Waals surface area contributed by atoms with Gasteiger partial charge in [-0.3, -0.25) is 0 Å². The van der Waals surface area contributed by atoms with Crippen LogP contribution in [0.2, 0.25) is 5.02 Å². The molecule has 6 heteroatoms. The molecule has 0 spiro atoms. The topological polar surface area (TPSA) is 38.9 Å². The van der Waals surface area contributed by atoms with Crippen LogP contribution in [0.5, 0.6) is 0 Å². The second-order valence-corrected chi connectivity index (χ2v) is 3.73. The van der Waals surface area contributed by atoms with E-state index in [0.29, 0.717) is 5.69 Å². The Morgan fingerprint density at radius 3 is 2.69 bits per heavy atom. The molecule has 2 N–H and O–H groups in total. The summed E-state index contributed by atoms with van der Waals surface area (Å²) in [5.74, 6) is 0. The molecule has 72 valence electrons. The lowest BCUT2D eigenvalue weighted by atomic mass is 10.2. The quantitative estimate of drug-likeness (QED) is 0.673. The monoisotopic (exact) mass is 318 g/mol. The van der Waals surface area contributed by atoms with E-state index in [1.807, 2.05) is 0 Å². The molecule has 0 radical (unpaired) electrons. The molecule has 0 unspecified atom stereocenters. The Morgan fingerprint density at radius 1 is 1.62 bits per heavy atom. The van der Waals surface area contributed by atoms with Crippen LogP contribution in [0.15, 0.2) is 6.07 Å². The Kier molecular flexibility index (Phi) is 3.81. The fraction of sp³-hybridized carbons (Fsp3) is 0.286. The van der Waals surface area contributed by atoms with Crippen LogP contribution in [0.25, 0.3) is 0 Å². The molecule has 0 aliphatic heterocycles. The highest BCUT2D eigenvalue weighted by Gasteiger charge is 2.15. The van der Waals surface area contributed by atoms with Gasteiger partial charge in [-0.15, -0.1) is 0 Å². The van der Waals surface area contributed by atoms with Gasteiger partial charge in [-0.25, -0.2) is 13.8 Å². The third kappa shape index (κ3) is 2.47. The van der Waals surface area contributed by atoms with Crippen molar-refractivity contribution in [2.24, 2.45) is 5.73 Å². The normalized spacial score (nSPS) is 10.9. The van der Waals surface area contributed by atoms with Gasteiger partial charge in [-0.2, -0.15) is 0 Å². The van der Waals surface area contributed by atoms with Crippen LogP contribution in [-0.2, 0) is 6.54 Å². The van der Waals surface area contributed by atoms with E-state index in [2.05, 4.69) is 4.98 Å². The second kappa shape index (κ2) is 4.47. The predicted molar refractivity (Wildman–Crippen MR) is 54.8 cm³/mol. The van der Waals surface area contributed by atoms with Crippen LogP contribution in [0.1, 0.15) is 17.7 Å². The number of alkyl halides is 2. The number of pyridine rings is 1. The zero-order chi connectivity index (χ0) is 10.0. The number of halogens is 4. The average molecular weight is 318 g/mol. The Bertz CT molecular complexity index is 320. The molecule has 1 heterocycles. The fourth-order valence-corrected chi connectivity index (χ4v) is 1.73. The highest BCUT2D eigenvalue weighted by molar-refractivity contribution is 14.1. The Hall–Kier alpha value is -0.0100. The van der Waals surface area contributed by atoms with Crippen molar-refractivity contribution >= 4 is 34.2 Å². The molecular formula is C7H6ClF2IN2. The first kappa shape index (κ1) is 11.1. The van der Waals surface area contributed by atoms with Crippen LogP contribution in [0.4, 0.5) is 8.78 Å². The van der Waals surface area contributed by atoms with Gasteiger partial charge in [-0.1, -0.05) is 11.6 Å². The number of rotatable bonds is 2. The fourth-order valence-electron chi connectivity index (χ4n) is 0.812. The van der Waals surface area contributed by atoms with Gasteiger partial charge in [0.05, 0.1) is 16.3 Å². The number of hydrogen-bond donors (Lipinski definition) is 1. The minimum Gasteiger partial charge on any atom is -0.325 e. The molecule has 1 aromatic rings. The smallest absolute Gasteiger partial charge is 0.266 e. The van der Waals surface area contributed by atoms with Gasteiger partial charge in [0.25, 0.3) is 6.43 Å². The molecule has 2 nitrogen and oxygen atoms in total. The van der Waals surface area contributed by atoms with Gasteiger partial charge in [0.2, 0.25) is 0 Å². The molecule has 0 fully saturated rings. The zero-order valence-corrected chi connectivity index (χ0v) is 9.31. The van der Waals surface area contributed by atoms with Crippen LogP contribution in [0, 0.1) is 3.70 Å². The molecule has 13 heavy (non-hydrogen) atoms. The van der Waals surface area contributed by atoms with Crippen molar-refractivity contribution in [3.05, 3.63) is 26.0 Å². The van der Waals surface area contributed by atoms with Gasteiger partial charge < -0.3 is 5.73 Å². The van der Waals surface area contributed by atoms with E-state index in [0.717, 1.165) is 0 Å². The molecule has 0 atom stereocenters. The van der Waals surface area contributed by atoms with Crippen molar-refractivity contribution in [3.63, 3.8) is 0 Å². The summed E-state index contributed by atoms with van der Waals surface area (Å²) in [6.45, 7) is 0.151. The molecule has 0 saturated heterocycles. The summed E-state index contributed by atoms with van der Waals surface area (Å²) in [6.07, 6.45) is -2.55. The van der Waals surface area contributed by atoms with Crippen molar-refractivity contribution in [1.82, 2.24) is 4.98 Å². The van der Waals surface area contributed by atoms with Gasteiger partial charge in [-0.05, 0) is 28.7 Å². The lowest BCUT2D eigenvalue weighted by Crippen LogP contribution is -2.04. The van der Waals surface area contributed by atoms with Gasteiger partial charge in [0.15, 0.2) is 0 Å². The highest BCUT2D eigenvalue weighted by atomic mass is 127. The highest BCUT2D eigenvalue weighted by Crippen LogP contribution is 2.27. The van der Waals surface area contributed by atoms with E-state index < -0.39 is 6.43 Å². The van der Waals surface area contributed by atoms with Crippen LogP contribution < -0.4 is 5.73 Å². The maximum atomic E-state index is 12.3. The minimum atomic E-state index is -2.55. The average Bonchev–Trinajstić information content (AvgIpc) is 2.07. The summed E-state index contributed by atoms with van der Waals surface area (Å²) >= 11 is 7.40. The summed E-state index contributed by atoms with van der Waals surface area (Å²) < 4.78 is 24.9. The zero-order valence-electron chi connectivity index (χ0n) is 6.40. The van der Waals surface area contributed by atoms with Gasteiger partial charge in [0.1, 0.15) is 3.70 Å². The maximum Gasteiger partial charge on any atom is 0.266 e. The first-order valence-corrected chi connectivity index (χ1v) is 4.85. The van der Waals surface area contributed by atoms with Crippen molar-refractivity contribution in [1.29, 1.82) is 0 Å². The number of aromatic nitrogens is 1. The van der Waals surface area contributed by atoms with E-state index in [4.69, 9.17) is 17.3 Å². The van der Waals surface area contributed by atoms with Crippen molar-refractivity contribution < 1.29 is 8.78 Å². The van der Waals surface area contributed by atoms with Crippen molar-refractivity contribution in [3.8, 4) is 0 Å². The Labute approximate surface area is 92.6 Å². The van der Waals surface area contributed by atoms with Crippen LogP contribution in [-0.4, -0.2) is 4.98 Å². The lowest BCUT2D eigenvalue weighted by molar-refractivity contribution is 0.150. The molecule has 0 aliphatic carbocycles. The van der Waals surface area contributed by atoms with E-state index in [1.165, 1.54) is 6.07 Å². The summed E-state index contributed by atoms with van der Waals surface area (Å²) in [7, 11) is 0. The number of nitrogens with zero attached hydrogens (tertiary/aromatic N) is 1. The standard InChI is InChI=1S/C7H6ClF2IN2/c8-4-1-3(6(9)10)7(11)13-5(4)2-12/h1,6H,2,12H2. The van der Waals surface area contributed by atoms with Crippen molar-refractivity contribution in [2.75, 3.05) is 0 Å². The van der Waals surface area contributed by atoms with Gasteiger partial charge in [0, 0.05) is 6.54 Å². The molecule has 0 aromatic carbocycles. The van der Waals surface area contributed by atoms with Crippen molar-refractivity contribution in [2.45, 2.75) is 13.0 Å². The minimum absolute atomic E-state index is 0.150. The summed E-state index contributed by atoms with van der Waals surface area (Å²) in [4.78, 5) is 3.86. The molecule has 1 rings (SSSR count). The van der Waals surface area contributed by atoms with E-state index >= 15 is 0 Å². The molecule has 1 aromatic heterocycles. The SMILES string of the molecule is NCc1nc(I)c(C(F)F)cc1Cl. The number of hydrogen-bond acceptors (Lipinski definition) is 2. The van der Waals surface area contributed by atoms with E-state index in [9.17, 15) is 8.78 Å². The first-order chi connectivity index (χ1) is 6.06. The molecular weight excluding hydrogens is 312 g/mol. The molecule has 0 amide bonds. The molecule has 0 bridgehead atoms. The summed E-state index contributed by atoms with van der Waals surface area (Å²) in [6, 6.07) is 1.21. The predicted octanol–water partition coefficient (Wildman–Crippen LogP) is 2.74. The summed E-state index contributed by atoms with van der Waals surface area (Å²) in [5, 5.41) is 0.193.